The molecule has 0 aromatic carbocycles. The average molecular weight is 319 g/mol. The van der Waals surface area contributed by atoms with Gasteiger partial charge in [-0.1, -0.05) is 27.2 Å². The summed E-state index contributed by atoms with van der Waals surface area (Å²) in [5, 5.41) is 10.6. The van der Waals surface area contributed by atoms with E-state index in [1.165, 1.54) is 32.1 Å². The van der Waals surface area contributed by atoms with Gasteiger partial charge in [-0.2, -0.15) is 0 Å². The predicted molar refractivity (Wildman–Crippen MR) is 91.9 cm³/mol. The summed E-state index contributed by atoms with van der Waals surface area (Å²) in [5.41, 5.74) is 0.553. The van der Waals surface area contributed by atoms with E-state index in [2.05, 4.69) is 20.8 Å². The second-order valence-electron chi connectivity index (χ2n) is 9.71. The summed E-state index contributed by atoms with van der Waals surface area (Å²) in [6, 6.07) is 0. The first kappa shape index (κ1) is 16.1. The summed E-state index contributed by atoms with van der Waals surface area (Å²) in [6.07, 6.45) is 10.1. The summed E-state index contributed by atoms with van der Waals surface area (Å²) in [7, 11) is 0. The Bertz CT molecular complexity index is 488. The number of hydrogen-bond acceptors (Lipinski definition) is 2. The monoisotopic (exact) mass is 318 g/mol. The third-order valence-electron chi connectivity index (χ3n) is 9.23. The molecule has 4 rings (SSSR count). The molecule has 0 bridgehead atoms. The van der Waals surface area contributed by atoms with Gasteiger partial charge >= 0.3 is 0 Å². The van der Waals surface area contributed by atoms with Crippen LogP contribution in [-0.2, 0) is 4.79 Å². The van der Waals surface area contributed by atoms with Gasteiger partial charge < -0.3 is 5.11 Å². The Morgan fingerprint density at radius 1 is 1.04 bits per heavy atom. The van der Waals surface area contributed by atoms with Crippen molar-refractivity contribution >= 4 is 5.78 Å². The van der Waals surface area contributed by atoms with Gasteiger partial charge in [-0.3, -0.25) is 4.79 Å². The number of ketones is 1. The number of hydrogen-bond donors (Lipinski definition) is 1. The van der Waals surface area contributed by atoms with Gasteiger partial charge in [-0.25, -0.2) is 0 Å². The zero-order chi connectivity index (χ0) is 16.4. The summed E-state index contributed by atoms with van der Waals surface area (Å²) in [4.78, 5) is 12.2. The van der Waals surface area contributed by atoms with Crippen molar-refractivity contribution in [2.24, 2.45) is 40.4 Å². The molecule has 0 spiro atoms. The molecule has 0 aromatic rings. The Hall–Kier alpha value is -0.370. The van der Waals surface area contributed by atoms with E-state index in [0.717, 1.165) is 43.4 Å². The number of Topliss-reactive ketones (excluding diaryl/α,β-unsaturated/α-hetero) is 1. The highest BCUT2D eigenvalue weighted by Gasteiger charge is 2.61. The molecule has 4 aliphatic rings. The van der Waals surface area contributed by atoms with E-state index in [4.69, 9.17) is 0 Å². The quantitative estimate of drug-likeness (QED) is 0.767. The van der Waals surface area contributed by atoms with E-state index < -0.39 is 0 Å². The fourth-order valence-electron chi connectivity index (χ4n) is 7.84. The van der Waals surface area contributed by atoms with E-state index in [9.17, 15) is 9.90 Å². The lowest BCUT2D eigenvalue weighted by atomic mass is 9.42. The Morgan fingerprint density at radius 2 is 1.83 bits per heavy atom. The summed E-state index contributed by atoms with van der Waals surface area (Å²) in [6.45, 7) is 7.20. The van der Waals surface area contributed by atoms with Crippen LogP contribution in [0.2, 0.25) is 0 Å². The molecule has 0 aliphatic heterocycles. The molecule has 1 unspecified atom stereocenters. The van der Waals surface area contributed by atoms with E-state index in [1.54, 1.807) is 0 Å². The highest BCUT2D eigenvalue weighted by molar-refractivity contribution is 5.80. The maximum atomic E-state index is 12.2. The molecule has 2 heteroatoms. The lowest BCUT2D eigenvalue weighted by molar-refractivity contribution is -0.157. The smallest absolute Gasteiger partial charge is 0.133 e. The fraction of sp³-hybridized carbons (Fsp3) is 0.952. The van der Waals surface area contributed by atoms with Crippen LogP contribution >= 0.6 is 0 Å². The van der Waals surface area contributed by atoms with Gasteiger partial charge in [0.1, 0.15) is 5.78 Å². The zero-order valence-electron chi connectivity index (χ0n) is 15.2. The maximum Gasteiger partial charge on any atom is 0.133 e. The van der Waals surface area contributed by atoms with Crippen LogP contribution in [0.3, 0.4) is 0 Å². The van der Waals surface area contributed by atoms with E-state index >= 15 is 0 Å². The minimum Gasteiger partial charge on any atom is -0.393 e. The van der Waals surface area contributed by atoms with Gasteiger partial charge in [0, 0.05) is 12.8 Å². The van der Waals surface area contributed by atoms with Crippen molar-refractivity contribution in [2.45, 2.75) is 84.7 Å². The topological polar surface area (TPSA) is 37.3 Å². The second-order valence-corrected chi connectivity index (χ2v) is 9.71. The lowest BCUT2D eigenvalue weighted by Gasteiger charge is -2.62. The van der Waals surface area contributed by atoms with Gasteiger partial charge in [0.05, 0.1) is 6.10 Å². The third-order valence-corrected chi connectivity index (χ3v) is 9.23. The van der Waals surface area contributed by atoms with Crippen LogP contribution in [0.1, 0.15) is 78.6 Å². The molecule has 8 atom stereocenters. The standard InChI is InChI=1S/C21H34O2/c1-4-13-11-15(22)12-14-5-6-16-17-7-8-19(23)20(17,2)10-9-18(16)21(13,14)3/h13-14,16-19,23H,4-12H2,1-3H3/t13?,14-,16-,17-,18-,19-,20-,21-/m0/s1. The van der Waals surface area contributed by atoms with Crippen molar-refractivity contribution in [3.63, 3.8) is 0 Å². The van der Waals surface area contributed by atoms with Crippen molar-refractivity contribution in [1.29, 1.82) is 0 Å². The number of fused-ring (bicyclic) bond motifs is 5. The van der Waals surface area contributed by atoms with Gasteiger partial charge in [-0.15, -0.1) is 0 Å². The van der Waals surface area contributed by atoms with Crippen LogP contribution < -0.4 is 0 Å². The number of carbonyl (C=O) groups is 1. The minimum absolute atomic E-state index is 0.0751. The molecule has 0 radical (unpaired) electrons. The van der Waals surface area contributed by atoms with Crippen molar-refractivity contribution in [2.75, 3.05) is 0 Å². The maximum absolute atomic E-state index is 12.2. The number of rotatable bonds is 1. The van der Waals surface area contributed by atoms with Crippen LogP contribution in [0.15, 0.2) is 0 Å². The van der Waals surface area contributed by atoms with Crippen molar-refractivity contribution in [3.8, 4) is 0 Å². The predicted octanol–water partition coefficient (Wildman–Crippen LogP) is 4.60. The van der Waals surface area contributed by atoms with Gasteiger partial charge in [-0.05, 0) is 78.9 Å². The summed E-state index contributed by atoms with van der Waals surface area (Å²) in [5.74, 6) is 4.07. The summed E-state index contributed by atoms with van der Waals surface area (Å²) >= 11 is 0. The Balaban J connectivity index is 1.68. The minimum atomic E-state index is -0.0751. The van der Waals surface area contributed by atoms with Gasteiger partial charge in [0.25, 0.3) is 0 Å². The molecule has 4 aliphatic carbocycles. The molecule has 4 saturated carbocycles. The Morgan fingerprint density at radius 3 is 2.57 bits per heavy atom. The van der Waals surface area contributed by atoms with Crippen LogP contribution in [0.25, 0.3) is 0 Å². The van der Waals surface area contributed by atoms with Gasteiger partial charge in [0.15, 0.2) is 0 Å². The highest BCUT2D eigenvalue weighted by Crippen LogP contribution is 2.67. The number of aliphatic hydroxyl groups excluding tert-OH is 1. The Kier molecular flexibility index (Phi) is 3.72. The molecule has 23 heavy (non-hydrogen) atoms. The number of aliphatic hydroxyl groups is 1. The largest absolute Gasteiger partial charge is 0.393 e. The number of carbonyl (C=O) groups excluding carboxylic acids is 1. The van der Waals surface area contributed by atoms with Crippen molar-refractivity contribution in [3.05, 3.63) is 0 Å². The van der Waals surface area contributed by atoms with Crippen LogP contribution in [0, 0.1) is 40.4 Å². The first-order valence-corrected chi connectivity index (χ1v) is 10.1. The van der Waals surface area contributed by atoms with E-state index in [-0.39, 0.29) is 11.5 Å². The second kappa shape index (κ2) is 5.31. The van der Waals surface area contributed by atoms with Crippen LogP contribution in [0.5, 0.6) is 0 Å². The molecule has 1 N–H and O–H groups in total. The molecule has 0 saturated heterocycles. The molecule has 2 nitrogen and oxygen atoms in total. The molecule has 4 fully saturated rings. The fourth-order valence-corrected chi connectivity index (χ4v) is 7.84. The van der Waals surface area contributed by atoms with Gasteiger partial charge in [0.2, 0.25) is 0 Å². The van der Waals surface area contributed by atoms with E-state index in [0.29, 0.717) is 23.0 Å². The van der Waals surface area contributed by atoms with Crippen molar-refractivity contribution < 1.29 is 9.90 Å². The average Bonchev–Trinajstić information content (AvgIpc) is 2.83. The van der Waals surface area contributed by atoms with Crippen LogP contribution in [-0.4, -0.2) is 17.0 Å². The molecule has 0 heterocycles. The normalized spacial score (nSPS) is 55.9. The van der Waals surface area contributed by atoms with Crippen LogP contribution in [0.4, 0.5) is 0 Å². The molecule has 0 amide bonds. The molecule has 0 aromatic heterocycles. The molecule has 130 valence electrons. The summed E-state index contributed by atoms with van der Waals surface area (Å²) < 4.78 is 0. The molecular formula is C21H34O2. The molecular weight excluding hydrogens is 284 g/mol. The van der Waals surface area contributed by atoms with Crippen molar-refractivity contribution in [1.82, 2.24) is 0 Å². The SMILES string of the molecule is CCC1CC(=O)C[C@@H]2CC[C@H]3[C@@H]4CC[C@H](O)[C@@]4(C)CC[C@@H]3[C@@]12C. The lowest BCUT2D eigenvalue weighted by Crippen LogP contribution is -2.57. The highest BCUT2D eigenvalue weighted by atomic mass is 16.3. The first-order valence-electron chi connectivity index (χ1n) is 10.1. The first-order chi connectivity index (χ1) is 10.9. The van der Waals surface area contributed by atoms with E-state index in [1.807, 2.05) is 0 Å². The third kappa shape index (κ3) is 2.06. The zero-order valence-corrected chi connectivity index (χ0v) is 15.2. The Labute approximate surface area is 141 Å².